The van der Waals surface area contributed by atoms with Gasteiger partial charge in [-0.1, -0.05) is 53.2 Å². The second-order valence-corrected chi connectivity index (χ2v) is 30.8. The number of fused-ring (bicyclic) bond motifs is 7. The number of allylic oxidation sites excluding steroid dienone is 2. The van der Waals surface area contributed by atoms with Gasteiger partial charge < -0.3 is 144 Å². The predicted molar refractivity (Wildman–Crippen MR) is 315 cm³/mol. The number of esters is 1. The zero-order chi connectivity index (χ0) is 68.4. The van der Waals surface area contributed by atoms with Crippen LogP contribution in [0.5, 0.6) is 0 Å². The molecule has 0 aromatic carbocycles. The topological polar surface area (TPSA) is 472 Å². The number of hydrogen-bond donors (Lipinski definition) is 17. The highest BCUT2D eigenvalue weighted by Crippen LogP contribution is 2.76. The minimum atomic E-state index is -2.01. The van der Waals surface area contributed by atoms with Crippen LogP contribution in [0.3, 0.4) is 0 Å². The summed E-state index contributed by atoms with van der Waals surface area (Å²) in [7, 11) is 0. The molecule has 6 heterocycles. The Labute approximate surface area is 545 Å². The summed E-state index contributed by atoms with van der Waals surface area (Å²) in [4.78, 5) is 15.8. The Balaban J connectivity index is 0.828. The van der Waals surface area contributed by atoms with Gasteiger partial charge in [0.1, 0.15) is 116 Å². The van der Waals surface area contributed by atoms with E-state index in [1.807, 2.05) is 6.92 Å². The maximum Gasteiger partial charge on any atom is 0.315 e. The fourth-order valence-corrected chi connectivity index (χ4v) is 18.8. The van der Waals surface area contributed by atoms with Crippen LogP contribution in [0.4, 0.5) is 0 Å². The van der Waals surface area contributed by atoms with Gasteiger partial charge in [-0.05, 0) is 117 Å². The number of rotatable bonds is 16. The molecule has 94 heavy (non-hydrogen) atoms. The van der Waals surface area contributed by atoms with Crippen molar-refractivity contribution in [3.63, 3.8) is 0 Å². The van der Waals surface area contributed by atoms with Crippen LogP contribution in [0.25, 0.3) is 0 Å². The van der Waals surface area contributed by atoms with E-state index in [0.717, 1.165) is 12.0 Å². The highest BCUT2D eigenvalue weighted by molar-refractivity contribution is 5.79. The van der Waals surface area contributed by atoms with Crippen LogP contribution in [-0.4, -0.2) is 304 Å². The first-order valence-electron chi connectivity index (χ1n) is 33.5. The fraction of sp³-hybridized carbons (Fsp3) is 0.953. The molecular formula is C64H104O30. The van der Waals surface area contributed by atoms with Gasteiger partial charge >= 0.3 is 5.97 Å². The summed E-state index contributed by atoms with van der Waals surface area (Å²) in [6.07, 6.45) is -37.9. The largest absolute Gasteiger partial charge is 0.432 e. The lowest BCUT2D eigenvalue weighted by Gasteiger charge is -2.71. The summed E-state index contributed by atoms with van der Waals surface area (Å²) in [5.41, 5.74) is -2.43. The third-order valence-electron chi connectivity index (χ3n) is 25.0. The lowest BCUT2D eigenvalue weighted by atomic mass is 9.33. The van der Waals surface area contributed by atoms with Crippen molar-refractivity contribution in [1.82, 2.24) is 0 Å². The lowest BCUT2D eigenvalue weighted by Crippen LogP contribution is -2.67. The van der Waals surface area contributed by atoms with E-state index >= 15 is 4.79 Å². The molecule has 0 unspecified atom stereocenters. The monoisotopic (exact) mass is 1350 g/mol. The molecule has 10 fully saturated rings. The smallest absolute Gasteiger partial charge is 0.315 e. The van der Waals surface area contributed by atoms with Gasteiger partial charge in [0, 0.05) is 5.41 Å². The number of aliphatic hydroxyl groups excluding tert-OH is 17. The Bertz CT molecular complexity index is 2640. The first-order chi connectivity index (χ1) is 44.1. The molecule has 0 bridgehead atoms. The molecule has 37 atom stereocenters. The van der Waals surface area contributed by atoms with Crippen molar-refractivity contribution < 1.29 is 148 Å². The molecule has 6 aliphatic heterocycles. The molecule has 0 radical (unpaired) electrons. The molecule has 30 heteroatoms. The average Bonchev–Trinajstić information content (AvgIpc) is 0.731. The highest BCUT2D eigenvalue weighted by atomic mass is 16.8. The van der Waals surface area contributed by atoms with Gasteiger partial charge in [0.15, 0.2) is 37.6 Å². The summed E-state index contributed by atoms with van der Waals surface area (Å²) in [6.45, 7) is 13.3. The van der Waals surface area contributed by atoms with Crippen molar-refractivity contribution in [3.8, 4) is 0 Å². The van der Waals surface area contributed by atoms with E-state index < -0.39 is 220 Å². The SMILES string of the molecule is C[C@@H]1O[C@@H](O[C@H]2[C@H](O[C@H]3CC[C@@]4(C)[C@@H](CC[C@]5(C)[C@@H]4CC=C4[C@@H]6CC(C)(C)CC[C@]6(C(=O)O[C@@H]6O[C@H](CO[C@@H]7O[C@H](CO)[C@@H](O[C@@H]8O[C@@H](C)[C@H](O)[C@@H](O)[C@H]8O)[C@H](O)[C@H]7O)[C@@H](O)[C@H](O)[C@H]6O[C@@H]6O[C@@H](CO)[C@H](O)[C@H]6O)CC[C@]45C)[C@]3(C)CO)OC[C@H](O)[C@@H]2O)[C@H](O)[C@H](O)[C@H]1O. The van der Waals surface area contributed by atoms with E-state index in [4.69, 9.17) is 56.8 Å². The Morgan fingerprint density at radius 1 is 0.511 bits per heavy atom. The minimum Gasteiger partial charge on any atom is -0.432 e. The predicted octanol–water partition coefficient (Wildman–Crippen LogP) is -4.08. The van der Waals surface area contributed by atoms with Crippen molar-refractivity contribution in [2.45, 2.75) is 298 Å². The first kappa shape index (κ1) is 73.3. The quantitative estimate of drug-likeness (QED) is 0.0397. The molecule has 6 saturated heterocycles. The normalized spacial score (nSPS) is 55.1. The molecule has 540 valence electrons. The fourth-order valence-electron chi connectivity index (χ4n) is 18.8. The summed E-state index contributed by atoms with van der Waals surface area (Å²) in [5.74, 6) is -1.13. The average molecular weight is 1350 g/mol. The molecule has 30 nitrogen and oxygen atoms in total. The van der Waals surface area contributed by atoms with Crippen LogP contribution >= 0.6 is 0 Å². The van der Waals surface area contributed by atoms with E-state index in [2.05, 4.69) is 40.7 Å². The maximum absolute atomic E-state index is 15.8. The Morgan fingerprint density at radius 3 is 1.65 bits per heavy atom. The number of carbonyl (C=O) groups is 1. The van der Waals surface area contributed by atoms with Gasteiger partial charge in [0.2, 0.25) is 6.29 Å². The first-order valence-corrected chi connectivity index (χ1v) is 33.5. The second-order valence-electron chi connectivity index (χ2n) is 30.8. The maximum atomic E-state index is 15.8. The zero-order valence-electron chi connectivity index (χ0n) is 54.6. The molecule has 0 aromatic heterocycles. The van der Waals surface area contributed by atoms with Gasteiger partial charge in [0.25, 0.3) is 0 Å². The van der Waals surface area contributed by atoms with Crippen molar-refractivity contribution >= 4 is 5.97 Å². The third-order valence-corrected chi connectivity index (χ3v) is 25.0. The van der Waals surface area contributed by atoms with Crippen molar-refractivity contribution in [2.75, 3.05) is 33.0 Å². The van der Waals surface area contributed by atoms with Crippen molar-refractivity contribution in [2.24, 2.45) is 50.2 Å². The molecular weight excluding hydrogens is 1250 g/mol. The number of carbonyl (C=O) groups excluding carboxylic acids is 1. The van der Waals surface area contributed by atoms with Crippen molar-refractivity contribution in [1.29, 1.82) is 0 Å². The molecule has 17 N–H and O–H groups in total. The van der Waals surface area contributed by atoms with Crippen LogP contribution in [0.2, 0.25) is 0 Å². The Morgan fingerprint density at radius 2 is 1.04 bits per heavy atom. The summed E-state index contributed by atoms with van der Waals surface area (Å²) < 4.78 is 72.1. The third kappa shape index (κ3) is 12.4. The molecule has 5 aliphatic carbocycles. The summed E-state index contributed by atoms with van der Waals surface area (Å²) in [6, 6.07) is 0. The number of ether oxygens (including phenoxy) is 12. The second kappa shape index (κ2) is 27.5. The molecule has 4 saturated carbocycles. The van der Waals surface area contributed by atoms with E-state index in [1.165, 1.54) is 13.8 Å². The van der Waals surface area contributed by atoms with Crippen molar-refractivity contribution in [3.05, 3.63) is 11.6 Å². The van der Waals surface area contributed by atoms with Gasteiger partial charge in [-0.3, -0.25) is 4.79 Å². The van der Waals surface area contributed by atoms with Crippen LogP contribution in [0, 0.1) is 50.2 Å². The van der Waals surface area contributed by atoms with E-state index in [1.54, 1.807) is 0 Å². The van der Waals surface area contributed by atoms with E-state index in [9.17, 15) is 86.8 Å². The lowest BCUT2D eigenvalue weighted by molar-refractivity contribution is -0.365. The Kier molecular flexibility index (Phi) is 21.4. The standard InChI is InChI=1S/C64H104O30/c1-25-36(69)41(74)46(79)53(85-25)91-49-31(21-66)88-52(48(81)44(49)77)84-23-32-40(73)43(76)51(93-55-45(78)39(72)30(20-65)87-55)57(89-32)94-58(82)64-17-15-59(3,4)19-28(64)27-9-10-34-60(5)13-12-35(61(6,24-67)33(60)11-14-63(34,8)62(27,7)16-18-64)90-56-50(38(71)29(68)22-83-56)92-54-47(80)42(75)37(70)26(2)86-54/h9,25-26,28-57,65-81H,10-24H2,1-8H3/t25-,26-,28-,29-,30-,31+,32+,33+,34+,35-,36-,37-,38-,39-,40+,41+,42+,43-,44+,45+,46+,47+,48+,49+,50+,51+,52+,53-,54-,55-,56-,57-,60-,61-,62+,63+,64-/m0/s1. The number of hydrogen-bond acceptors (Lipinski definition) is 30. The minimum absolute atomic E-state index is 0.0633. The molecule has 11 aliphatic rings. The van der Waals surface area contributed by atoms with Crippen LogP contribution in [-0.2, 0) is 61.6 Å². The van der Waals surface area contributed by atoms with Gasteiger partial charge in [-0.15, -0.1) is 0 Å². The van der Waals surface area contributed by atoms with E-state index in [-0.39, 0.29) is 47.2 Å². The van der Waals surface area contributed by atoms with Gasteiger partial charge in [0.05, 0.1) is 56.8 Å². The zero-order valence-corrected chi connectivity index (χ0v) is 54.6. The number of aliphatic hydroxyl groups is 17. The summed E-state index contributed by atoms with van der Waals surface area (Å²) >= 11 is 0. The highest BCUT2D eigenvalue weighted by Gasteiger charge is 2.71. The van der Waals surface area contributed by atoms with Crippen LogP contribution in [0.1, 0.15) is 120 Å². The summed E-state index contributed by atoms with van der Waals surface area (Å²) in [5, 5.41) is 185. The molecule has 0 aromatic rings. The van der Waals surface area contributed by atoms with Crippen LogP contribution < -0.4 is 0 Å². The van der Waals surface area contributed by atoms with Gasteiger partial charge in [-0.2, -0.15) is 0 Å². The Hall–Kier alpha value is -1.91. The molecule has 11 rings (SSSR count). The van der Waals surface area contributed by atoms with Crippen LogP contribution in [0.15, 0.2) is 11.6 Å². The van der Waals surface area contributed by atoms with Gasteiger partial charge in [-0.25, -0.2) is 0 Å². The molecule has 0 spiro atoms. The van der Waals surface area contributed by atoms with E-state index in [0.29, 0.717) is 57.8 Å². The molecule has 0 amide bonds.